The van der Waals surface area contributed by atoms with Gasteiger partial charge in [-0.3, -0.25) is 14.6 Å². The molecule has 3 atom stereocenters. The molecule has 3 aromatic rings. The second kappa shape index (κ2) is 15.8. The quantitative estimate of drug-likeness (QED) is 0.280. The van der Waals surface area contributed by atoms with Crippen molar-refractivity contribution in [3.05, 3.63) is 101 Å². The van der Waals surface area contributed by atoms with E-state index in [0.717, 1.165) is 62.4 Å². The molecule has 2 fully saturated rings. The van der Waals surface area contributed by atoms with Crippen LogP contribution < -0.4 is 10.6 Å². The lowest BCUT2D eigenvalue weighted by Crippen LogP contribution is -2.49. The minimum Gasteiger partial charge on any atom is -0.465 e. The largest absolute Gasteiger partial charge is 0.465 e. The standard InChI is InChI=1S/C34H42N4O6/c1-2-42-32(40)21-35-34(41)36-29-14-12-28(13-15-29)33-43-30(20-31(44-33)27-10-8-26(24-39)9-11-27)23-38-18-16-37(17-19-38)22-25-6-4-3-5-7-25/h3-15,30-31,33,39H,2,16-24H2,1H3,(H2,35,36,41). The maximum Gasteiger partial charge on any atom is 0.325 e. The molecule has 44 heavy (non-hydrogen) atoms. The molecule has 2 saturated heterocycles. The van der Waals surface area contributed by atoms with Crippen LogP contribution in [0.1, 0.15) is 48.0 Å². The molecule has 0 aliphatic carbocycles. The summed E-state index contributed by atoms with van der Waals surface area (Å²) in [5.74, 6) is -0.492. The number of esters is 1. The number of piperazine rings is 1. The summed E-state index contributed by atoms with van der Waals surface area (Å²) in [5.41, 5.74) is 4.66. The number of carbonyl (C=O) groups is 2. The lowest BCUT2D eigenvalue weighted by molar-refractivity contribution is -0.253. The molecule has 234 valence electrons. The van der Waals surface area contributed by atoms with Gasteiger partial charge >= 0.3 is 12.0 Å². The molecule has 2 aliphatic rings. The molecule has 10 heteroatoms. The fourth-order valence-corrected chi connectivity index (χ4v) is 5.56. The highest BCUT2D eigenvalue weighted by molar-refractivity contribution is 5.91. The molecule has 2 amide bonds. The first kappa shape index (κ1) is 31.6. The smallest absolute Gasteiger partial charge is 0.325 e. The number of aliphatic hydroxyl groups is 1. The summed E-state index contributed by atoms with van der Waals surface area (Å²) in [6.45, 7) is 7.52. The van der Waals surface area contributed by atoms with Gasteiger partial charge in [0.2, 0.25) is 0 Å². The number of ether oxygens (including phenoxy) is 3. The number of benzene rings is 3. The number of aliphatic hydroxyl groups excluding tert-OH is 1. The SMILES string of the molecule is CCOC(=O)CNC(=O)Nc1ccc(C2OC(CN3CCN(Cc4ccccc4)CC3)CC(c3ccc(CO)cc3)O2)cc1. The van der Waals surface area contributed by atoms with Gasteiger partial charge in [-0.2, -0.15) is 0 Å². The topological polar surface area (TPSA) is 113 Å². The Hall–Kier alpha value is -3.80. The molecule has 2 heterocycles. The van der Waals surface area contributed by atoms with E-state index < -0.39 is 18.3 Å². The van der Waals surface area contributed by atoms with Crippen LogP contribution in [0.4, 0.5) is 10.5 Å². The number of anilines is 1. The van der Waals surface area contributed by atoms with Crippen molar-refractivity contribution in [1.29, 1.82) is 0 Å². The highest BCUT2D eigenvalue weighted by Gasteiger charge is 2.33. The van der Waals surface area contributed by atoms with Crippen LogP contribution in [-0.4, -0.2) is 78.9 Å². The number of hydrogen-bond donors (Lipinski definition) is 3. The monoisotopic (exact) mass is 602 g/mol. The van der Waals surface area contributed by atoms with E-state index in [9.17, 15) is 14.7 Å². The second-order valence-corrected chi connectivity index (χ2v) is 11.1. The molecule has 0 radical (unpaired) electrons. The van der Waals surface area contributed by atoms with Crippen LogP contribution in [0, 0.1) is 0 Å². The summed E-state index contributed by atoms with van der Waals surface area (Å²) in [6, 6.07) is 25.3. The van der Waals surface area contributed by atoms with E-state index in [-0.39, 0.29) is 32.0 Å². The van der Waals surface area contributed by atoms with E-state index in [4.69, 9.17) is 14.2 Å². The van der Waals surface area contributed by atoms with Gasteiger partial charge in [-0.05, 0) is 35.7 Å². The van der Waals surface area contributed by atoms with Gasteiger partial charge in [0.15, 0.2) is 6.29 Å². The van der Waals surface area contributed by atoms with Gasteiger partial charge in [-0.15, -0.1) is 0 Å². The predicted molar refractivity (Wildman–Crippen MR) is 167 cm³/mol. The summed E-state index contributed by atoms with van der Waals surface area (Å²) in [5, 5.41) is 14.7. The molecular weight excluding hydrogens is 560 g/mol. The van der Waals surface area contributed by atoms with Crippen molar-refractivity contribution >= 4 is 17.7 Å². The lowest BCUT2D eigenvalue weighted by Gasteiger charge is -2.40. The molecule has 3 N–H and O–H groups in total. The Bertz CT molecular complexity index is 1330. The van der Waals surface area contributed by atoms with Gasteiger partial charge in [0.1, 0.15) is 6.54 Å². The zero-order valence-corrected chi connectivity index (χ0v) is 25.2. The first-order chi connectivity index (χ1) is 21.5. The number of carbonyl (C=O) groups excluding carboxylic acids is 2. The molecule has 0 aromatic heterocycles. The van der Waals surface area contributed by atoms with Crippen molar-refractivity contribution in [3.63, 3.8) is 0 Å². The molecule has 0 saturated carbocycles. The number of hydrogen-bond acceptors (Lipinski definition) is 8. The molecule has 2 aliphatic heterocycles. The van der Waals surface area contributed by atoms with Gasteiger partial charge in [-0.1, -0.05) is 66.7 Å². The summed E-state index contributed by atoms with van der Waals surface area (Å²) in [4.78, 5) is 28.7. The molecule has 0 bridgehead atoms. The Morgan fingerprint density at radius 1 is 0.864 bits per heavy atom. The van der Waals surface area contributed by atoms with Crippen molar-refractivity contribution in [1.82, 2.24) is 15.1 Å². The third-order valence-corrected chi connectivity index (χ3v) is 7.93. The fraction of sp³-hybridized carbons (Fsp3) is 0.412. The van der Waals surface area contributed by atoms with E-state index in [1.807, 2.05) is 36.4 Å². The number of amides is 2. The zero-order valence-electron chi connectivity index (χ0n) is 25.2. The number of nitrogens with one attached hydrogen (secondary N) is 2. The predicted octanol–water partition coefficient (Wildman–Crippen LogP) is 4.23. The van der Waals surface area contributed by atoms with Gasteiger partial charge in [-0.25, -0.2) is 4.79 Å². The maximum absolute atomic E-state index is 12.2. The molecular formula is C34H42N4O6. The van der Waals surface area contributed by atoms with Crippen molar-refractivity contribution in [2.45, 2.75) is 45.0 Å². The first-order valence-corrected chi connectivity index (χ1v) is 15.3. The molecule has 0 spiro atoms. The molecule has 3 unspecified atom stereocenters. The number of urea groups is 1. The maximum atomic E-state index is 12.2. The Balaban J connectivity index is 1.21. The van der Waals surface area contributed by atoms with E-state index >= 15 is 0 Å². The van der Waals surface area contributed by atoms with E-state index in [1.54, 1.807) is 19.1 Å². The third kappa shape index (κ3) is 9.10. The van der Waals surface area contributed by atoms with Crippen LogP contribution in [-0.2, 0) is 32.2 Å². The minimum absolute atomic E-state index is 0.00233. The fourth-order valence-electron chi connectivity index (χ4n) is 5.56. The van der Waals surface area contributed by atoms with Crippen molar-refractivity contribution in [2.75, 3.05) is 51.2 Å². The van der Waals surface area contributed by atoms with Crippen LogP contribution in [0.3, 0.4) is 0 Å². The van der Waals surface area contributed by atoms with Crippen LogP contribution in [0.5, 0.6) is 0 Å². The minimum atomic E-state index is -0.581. The van der Waals surface area contributed by atoms with Gasteiger partial charge in [0.25, 0.3) is 0 Å². The summed E-state index contributed by atoms with van der Waals surface area (Å²) in [7, 11) is 0. The summed E-state index contributed by atoms with van der Waals surface area (Å²) >= 11 is 0. The average Bonchev–Trinajstić information content (AvgIpc) is 3.05. The van der Waals surface area contributed by atoms with E-state index in [1.165, 1.54) is 5.56 Å². The Morgan fingerprint density at radius 2 is 1.55 bits per heavy atom. The molecule has 3 aromatic carbocycles. The normalized spacial score (nSPS) is 21.0. The highest BCUT2D eigenvalue weighted by atomic mass is 16.7. The van der Waals surface area contributed by atoms with Crippen LogP contribution in [0.15, 0.2) is 78.9 Å². The Kier molecular flexibility index (Phi) is 11.3. The van der Waals surface area contributed by atoms with Crippen LogP contribution >= 0.6 is 0 Å². The van der Waals surface area contributed by atoms with Gasteiger partial charge < -0.3 is 30.0 Å². The number of rotatable bonds is 11. The molecule has 5 rings (SSSR count). The first-order valence-electron chi connectivity index (χ1n) is 15.3. The Labute approximate surface area is 258 Å². The number of nitrogens with zero attached hydrogens (tertiary/aromatic N) is 2. The highest BCUT2D eigenvalue weighted by Crippen LogP contribution is 2.38. The van der Waals surface area contributed by atoms with Gasteiger partial charge in [0.05, 0.1) is 25.4 Å². The van der Waals surface area contributed by atoms with Crippen LogP contribution in [0.2, 0.25) is 0 Å². The van der Waals surface area contributed by atoms with Crippen molar-refractivity contribution < 1.29 is 28.9 Å². The summed E-state index contributed by atoms with van der Waals surface area (Å²) in [6.07, 6.45) is -0.0671. The van der Waals surface area contributed by atoms with Crippen molar-refractivity contribution in [3.8, 4) is 0 Å². The van der Waals surface area contributed by atoms with Gasteiger partial charge in [0, 0.05) is 56.9 Å². The Morgan fingerprint density at radius 3 is 2.23 bits per heavy atom. The second-order valence-electron chi connectivity index (χ2n) is 11.1. The zero-order chi connectivity index (χ0) is 30.7. The summed E-state index contributed by atoms with van der Waals surface area (Å²) < 4.78 is 17.9. The molecule has 10 nitrogen and oxygen atoms in total. The van der Waals surface area contributed by atoms with Crippen LogP contribution in [0.25, 0.3) is 0 Å². The van der Waals surface area contributed by atoms with Crippen molar-refractivity contribution in [2.24, 2.45) is 0 Å². The van der Waals surface area contributed by atoms with E-state index in [2.05, 4.69) is 50.8 Å². The third-order valence-electron chi connectivity index (χ3n) is 7.93. The lowest BCUT2D eigenvalue weighted by atomic mass is 9.99. The average molecular weight is 603 g/mol. The van der Waals surface area contributed by atoms with E-state index in [0.29, 0.717) is 5.69 Å².